The fourth-order valence-electron chi connectivity index (χ4n) is 4.04. The van der Waals surface area contributed by atoms with E-state index >= 15 is 0 Å². The van der Waals surface area contributed by atoms with Crippen molar-refractivity contribution in [2.75, 3.05) is 5.32 Å². The second-order valence-corrected chi connectivity index (χ2v) is 9.13. The van der Waals surface area contributed by atoms with Crippen molar-refractivity contribution in [3.63, 3.8) is 0 Å². The Labute approximate surface area is 199 Å². The monoisotopic (exact) mass is 473 g/mol. The third-order valence-electron chi connectivity index (χ3n) is 5.56. The number of aromatic nitrogens is 2. The summed E-state index contributed by atoms with van der Waals surface area (Å²) >= 11 is 7.31. The third-order valence-corrected chi connectivity index (χ3v) is 6.64. The highest BCUT2D eigenvalue weighted by molar-refractivity contribution is 7.10. The van der Waals surface area contributed by atoms with Gasteiger partial charge in [0, 0.05) is 17.1 Å². The number of anilines is 1. The number of rotatable bonds is 5. The number of para-hydroxylation sites is 1. The topological polar surface area (TPSA) is 63.5 Å². The van der Waals surface area contributed by atoms with Crippen LogP contribution in [0, 0.1) is 6.92 Å². The van der Waals surface area contributed by atoms with Gasteiger partial charge >= 0.3 is 0 Å². The number of pyridine rings is 1. The average molecular weight is 474 g/mol. The molecule has 1 aliphatic carbocycles. The normalized spacial score (nSPS) is 13.6. The van der Waals surface area contributed by atoms with E-state index in [2.05, 4.69) is 20.2 Å². The lowest BCUT2D eigenvalue weighted by atomic mass is 10.1. The van der Waals surface area contributed by atoms with Crippen LogP contribution in [0.5, 0.6) is 0 Å². The Morgan fingerprint density at radius 3 is 2.76 bits per heavy atom. The summed E-state index contributed by atoms with van der Waals surface area (Å²) in [4.78, 5) is 26.0. The Morgan fingerprint density at radius 1 is 1.09 bits per heavy atom. The van der Waals surface area contributed by atoms with Crippen molar-refractivity contribution >= 4 is 56.2 Å². The molecule has 1 aliphatic rings. The summed E-state index contributed by atoms with van der Waals surface area (Å²) in [5, 5.41) is 5.00. The molecule has 0 unspecified atom stereocenters. The van der Waals surface area contributed by atoms with E-state index < -0.39 is 11.7 Å². The highest BCUT2D eigenvalue weighted by Crippen LogP contribution is 2.28. The van der Waals surface area contributed by atoms with Gasteiger partial charge in [-0.2, -0.15) is 4.37 Å². The largest absolute Gasteiger partial charge is 0.313 e. The van der Waals surface area contributed by atoms with E-state index in [4.69, 9.17) is 11.6 Å². The van der Waals surface area contributed by atoms with Crippen LogP contribution in [0.3, 0.4) is 0 Å². The van der Waals surface area contributed by atoms with E-state index in [1.54, 1.807) is 6.07 Å². The average Bonchev–Trinajstić information content (AvgIpc) is 3.32. The van der Waals surface area contributed by atoms with Crippen molar-refractivity contribution in [3.05, 3.63) is 100 Å². The van der Waals surface area contributed by atoms with Gasteiger partial charge in [-0.15, -0.1) is 0 Å². The molecule has 0 radical (unpaired) electrons. The SMILES string of the molecule is Cc1cc(NC(=O)C(=O)c2cc(CC3=CCC=C(Cl)C=C3)n3c2ccc2ccccc23)sn1. The van der Waals surface area contributed by atoms with E-state index in [-0.39, 0.29) is 0 Å². The van der Waals surface area contributed by atoms with E-state index in [9.17, 15) is 9.59 Å². The van der Waals surface area contributed by atoms with Crippen LogP contribution in [0.25, 0.3) is 16.4 Å². The first-order valence-electron chi connectivity index (χ1n) is 10.5. The second kappa shape index (κ2) is 8.81. The number of nitrogens with zero attached hydrogens (tertiary/aromatic N) is 2. The fourth-order valence-corrected chi connectivity index (χ4v) is 4.85. The van der Waals surface area contributed by atoms with Gasteiger partial charge < -0.3 is 9.72 Å². The molecule has 5 rings (SSSR count). The summed E-state index contributed by atoms with van der Waals surface area (Å²) in [5.74, 6) is -1.24. The van der Waals surface area contributed by atoms with Crippen molar-refractivity contribution in [3.8, 4) is 0 Å². The zero-order valence-electron chi connectivity index (χ0n) is 17.8. The Kier molecular flexibility index (Phi) is 5.70. The summed E-state index contributed by atoms with van der Waals surface area (Å²) in [5.41, 5.74) is 4.89. The predicted octanol–water partition coefficient (Wildman–Crippen LogP) is 6.23. The summed E-state index contributed by atoms with van der Waals surface area (Å²) in [6.07, 6.45) is 9.30. The number of hydrogen-bond acceptors (Lipinski definition) is 4. The molecule has 164 valence electrons. The molecule has 4 aromatic rings. The summed E-state index contributed by atoms with van der Waals surface area (Å²) in [6, 6.07) is 15.5. The molecule has 0 spiro atoms. The van der Waals surface area contributed by atoms with Crippen molar-refractivity contribution < 1.29 is 9.59 Å². The van der Waals surface area contributed by atoms with Crippen LogP contribution in [0.1, 0.15) is 28.2 Å². The Hall–Kier alpha value is -3.48. The summed E-state index contributed by atoms with van der Waals surface area (Å²) < 4.78 is 6.22. The van der Waals surface area contributed by atoms with Crippen LogP contribution < -0.4 is 5.32 Å². The van der Waals surface area contributed by atoms with Crippen molar-refractivity contribution in [2.45, 2.75) is 19.8 Å². The van der Waals surface area contributed by atoms with E-state index in [0.29, 0.717) is 27.5 Å². The lowest BCUT2D eigenvalue weighted by Crippen LogP contribution is -2.22. The number of halogens is 1. The molecule has 5 nitrogen and oxygen atoms in total. The van der Waals surface area contributed by atoms with E-state index in [1.807, 2.05) is 67.6 Å². The minimum absolute atomic E-state index is 0.379. The molecule has 1 amide bonds. The van der Waals surface area contributed by atoms with Crippen molar-refractivity contribution in [1.82, 2.24) is 8.77 Å². The molecule has 0 bridgehead atoms. The van der Waals surface area contributed by atoms with Crippen LogP contribution in [0.15, 0.2) is 83.4 Å². The molecule has 0 saturated heterocycles. The number of Topliss-reactive ketones (excluding diaryl/α,β-unsaturated/α-hetero) is 1. The Bertz CT molecular complexity index is 1510. The minimum Gasteiger partial charge on any atom is -0.313 e. The van der Waals surface area contributed by atoms with Crippen molar-refractivity contribution in [1.29, 1.82) is 0 Å². The molecule has 0 saturated carbocycles. The third kappa shape index (κ3) is 4.27. The second-order valence-electron chi connectivity index (χ2n) is 7.89. The van der Waals surface area contributed by atoms with Gasteiger partial charge in [0.25, 0.3) is 11.7 Å². The fraction of sp³-hybridized carbons (Fsp3) is 0.115. The molecular weight excluding hydrogens is 454 g/mol. The molecular formula is C26H20ClN3O2S. The Morgan fingerprint density at radius 2 is 1.94 bits per heavy atom. The maximum Gasteiger partial charge on any atom is 0.297 e. The first-order chi connectivity index (χ1) is 16.0. The number of aryl methyl sites for hydroxylation is 1. The van der Waals surface area contributed by atoms with Crippen LogP contribution in [0.4, 0.5) is 5.00 Å². The molecule has 0 atom stereocenters. The number of carbonyl (C=O) groups is 2. The van der Waals surface area contributed by atoms with E-state index in [0.717, 1.165) is 45.8 Å². The highest BCUT2D eigenvalue weighted by atomic mass is 35.5. The minimum atomic E-state index is -0.671. The number of amides is 1. The number of hydrogen-bond donors (Lipinski definition) is 1. The van der Waals surface area contributed by atoms with E-state index in [1.165, 1.54) is 0 Å². The molecule has 3 aromatic heterocycles. The molecule has 0 aliphatic heterocycles. The van der Waals surface area contributed by atoms with Gasteiger partial charge in [-0.05, 0) is 66.2 Å². The maximum absolute atomic E-state index is 13.2. The molecule has 1 N–H and O–H groups in total. The first kappa shape index (κ1) is 21.4. The van der Waals surface area contributed by atoms with Crippen LogP contribution >= 0.6 is 23.1 Å². The molecule has 33 heavy (non-hydrogen) atoms. The van der Waals surface area contributed by atoms with Crippen molar-refractivity contribution in [2.24, 2.45) is 0 Å². The van der Waals surface area contributed by atoms with Gasteiger partial charge in [-0.3, -0.25) is 9.59 Å². The van der Waals surface area contributed by atoms with Gasteiger partial charge in [-0.1, -0.05) is 54.1 Å². The number of fused-ring (bicyclic) bond motifs is 3. The number of benzene rings is 1. The number of nitrogens with one attached hydrogen (secondary N) is 1. The number of ketones is 1. The van der Waals surface area contributed by atoms with Gasteiger partial charge in [0.2, 0.25) is 0 Å². The molecule has 3 heterocycles. The highest BCUT2D eigenvalue weighted by Gasteiger charge is 2.23. The quantitative estimate of drug-likeness (QED) is 0.276. The predicted molar refractivity (Wildman–Crippen MR) is 134 cm³/mol. The zero-order chi connectivity index (χ0) is 22.9. The molecule has 1 aromatic carbocycles. The van der Waals surface area contributed by atoms with Crippen LogP contribution in [-0.2, 0) is 11.2 Å². The smallest absolute Gasteiger partial charge is 0.297 e. The van der Waals surface area contributed by atoms with Gasteiger partial charge in [0.1, 0.15) is 5.00 Å². The number of allylic oxidation sites excluding steroid dienone is 6. The van der Waals surface area contributed by atoms with Crippen LogP contribution in [0.2, 0.25) is 0 Å². The summed E-state index contributed by atoms with van der Waals surface area (Å²) in [6.45, 7) is 1.84. The zero-order valence-corrected chi connectivity index (χ0v) is 19.4. The Balaban J connectivity index is 1.58. The molecule has 7 heteroatoms. The maximum atomic E-state index is 13.2. The van der Waals surface area contributed by atoms with Gasteiger partial charge in [0.15, 0.2) is 0 Å². The summed E-state index contributed by atoms with van der Waals surface area (Å²) in [7, 11) is 0. The lowest BCUT2D eigenvalue weighted by molar-refractivity contribution is -0.112. The van der Waals surface area contributed by atoms with Gasteiger partial charge in [-0.25, -0.2) is 0 Å². The van der Waals surface area contributed by atoms with Crippen LogP contribution in [-0.4, -0.2) is 20.5 Å². The number of carbonyl (C=O) groups excluding carboxylic acids is 2. The standard InChI is InChI=1S/C26H20ClN3O2S/c1-16-13-24(33-29-16)28-26(32)25(31)21-15-20(14-17-5-4-7-19(27)11-9-17)30-22-8-3-2-6-18(22)10-12-23(21)30/h2-3,5-13,15H,4,14H2,1H3,(H,28,32). The lowest BCUT2D eigenvalue weighted by Gasteiger charge is -2.08. The molecule has 0 fully saturated rings. The van der Waals surface area contributed by atoms with Gasteiger partial charge in [0.05, 0.1) is 22.3 Å². The first-order valence-corrected chi connectivity index (χ1v) is 11.7.